The first-order chi connectivity index (χ1) is 7.26. The van der Waals surface area contributed by atoms with Crippen LogP contribution < -0.4 is 0 Å². The van der Waals surface area contributed by atoms with Gasteiger partial charge in [-0.3, -0.25) is 4.79 Å². The van der Waals surface area contributed by atoms with Gasteiger partial charge in [0.05, 0.1) is 0 Å². The summed E-state index contributed by atoms with van der Waals surface area (Å²) < 4.78 is 0. The van der Waals surface area contributed by atoms with Crippen LogP contribution in [0.2, 0.25) is 0 Å². The number of hydrogen-bond acceptors (Lipinski definition) is 2. The summed E-state index contributed by atoms with van der Waals surface area (Å²) in [6.45, 7) is 8.25. The summed E-state index contributed by atoms with van der Waals surface area (Å²) in [6.07, 6.45) is 5.74. The van der Waals surface area contributed by atoms with Crippen molar-refractivity contribution in [1.29, 1.82) is 0 Å². The van der Waals surface area contributed by atoms with Gasteiger partial charge < -0.3 is 4.90 Å². The zero-order valence-electron chi connectivity index (χ0n) is 10.4. The van der Waals surface area contributed by atoms with E-state index in [1.54, 1.807) is 0 Å². The Balaban J connectivity index is 3.70. The van der Waals surface area contributed by atoms with Crippen molar-refractivity contribution in [3.05, 3.63) is 0 Å². The van der Waals surface area contributed by atoms with Crippen LogP contribution in [0.15, 0.2) is 0 Å². The van der Waals surface area contributed by atoms with Gasteiger partial charge in [-0.1, -0.05) is 45.4 Å². The van der Waals surface area contributed by atoms with E-state index in [-0.39, 0.29) is 5.24 Å². The van der Waals surface area contributed by atoms with Crippen LogP contribution in [0.3, 0.4) is 0 Å². The summed E-state index contributed by atoms with van der Waals surface area (Å²) in [6, 6.07) is 0. The third kappa shape index (κ3) is 7.71. The Hall–Kier alpha value is -0.180. The molecule has 0 N–H and O–H groups in total. The topological polar surface area (TPSA) is 20.3 Å². The minimum atomic E-state index is 0.273. The molecular formula is C12H25NOS. The lowest BCUT2D eigenvalue weighted by Crippen LogP contribution is -2.29. The highest BCUT2D eigenvalue weighted by molar-refractivity contribution is 8.13. The SMILES string of the molecule is CCCCCSC(=O)N(CCC)CCC. The van der Waals surface area contributed by atoms with Gasteiger partial charge >= 0.3 is 0 Å². The predicted molar refractivity (Wildman–Crippen MR) is 69.5 cm³/mol. The third-order valence-electron chi connectivity index (χ3n) is 2.22. The van der Waals surface area contributed by atoms with Crippen molar-refractivity contribution in [2.45, 2.75) is 52.9 Å². The zero-order chi connectivity index (χ0) is 11.5. The molecule has 90 valence electrons. The second-order valence-electron chi connectivity index (χ2n) is 3.81. The Morgan fingerprint density at radius 1 is 1.00 bits per heavy atom. The van der Waals surface area contributed by atoms with E-state index in [1.165, 1.54) is 31.0 Å². The highest BCUT2D eigenvalue weighted by Gasteiger charge is 2.11. The molecule has 15 heavy (non-hydrogen) atoms. The lowest BCUT2D eigenvalue weighted by atomic mass is 10.3. The van der Waals surface area contributed by atoms with Crippen molar-refractivity contribution in [2.24, 2.45) is 0 Å². The average Bonchev–Trinajstić information content (AvgIpc) is 2.24. The molecule has 2 nitrogen and oxygen atoms in total. The van der Waals surface area contributed by atoms with Crippen molar-refractivity contribution in [3.8, 4) is 0 Å². The minimum Gasteiger partial charge on any atom is -0.334 e. The number of carbonyl (C=O) groups is 1. The lowest BCUT2D eigenvalue weighted by Gasteiger charge is -2.20. The maximum absolute atomic E-state index is 11.8. The van der Waals surface area contributed by atoms with E-state index in [0.29, 0.717) is 0 Å². The van der Waals surface area contributed by atoms with Crippen LogP contribution in [0, 0.1) is 0 Å². The molecule has 0 aliphatic carbocycles. The molecule has 0 aromatic heterocycles. The maximum atomic E-state index is 11.8. The van der Waals surface area contributed by atoms with Gasteiger partial charge in [0, 0.05) is 18.8 Å². The zero-order valence-corrected chi connectivity index (χ0v) is 11.2. The average molecular weight is 231 g/mol. The van der Waals surface area contributed by atoms with Gasteiger partial charge in [-0.2, -0.15) is 0 Å². The van der Waals surface area contributed by atoms with Gasteiger partial charge in [0.1, 0.15) is 0 Å². The Bertz CT molecular complexity index is 156. The Kier molecular flexibility index (Phi) is 10.2. The van der Waals surface area contributed by atoms with Crippen LogP contribution >= 0.6 is 11.8 Å². The Morgan fingerprint density at radius 3 is 2.07 bits per heavy atom. The Labute approximate surface area is 98.8 Å². The molecule has 0 aliphatic heterocycles. The number of carbonyl (C=O) groups excluding carboxylic acids is 1. The van der Waals surface area contributed by atoms with E-state index in [0.717, 1.165) is 31.7 Å². The summed E-state index contributed by atoms with van der Waals surface area (Å²) in [5.41, 5.74) is 0. The molecule has 0 aliphatic rings. The molecule has 0 aromatic carbocycles. The fraction of sp³-hybridized carbons (Fsp3) is 0.917. The van der Waals surface area contributed by atoms with Crippen molar-refractivity contribution in [2.75, 3.05) is 18.8 Å². The van der Waals surface area contributed by atoms with Crippen molar-refractivity contribution in [1.82, 2.24) is 4.90 Å². The molecule has 3 heteroatoms. The Morgan fingerprint density at radius 2 is 1.60 bits per heavy atom. The molecule has 0 radical (unpaired) electrons. The molecule has 0 heterocycles. The molecule has 0 spiro atoms. The first-order valence-electron chi connectivity index (χ1n) is 6.17. The van der Waals surface area contributed by atoms with Crippen LogP contribution in [-0.4, -0.2) is 29.0 Å². The highest BCUT2D eigenvalue weighted by Crippen LogP contribution is 2.12. The molecule has 0 rings (SSSR count). The molecule has 0 unspecified atom stereocenters. The molecule has 1 amide bonds. The first kappa shape index (κ1) is 14.8. The molecule has 0 saturated carbocycles. The normalized spacial score (nSPS) is 10.3. The molecule has 0 bridgehead atoms. The number of nitrogens with zero attached hydrogens (tertiary/aromatic N) is 1. The largest absolute Gasteiger partial charge is 0.334 e. The number of rotatable bonds is 8. The summed E-state index contributed by atoms with van der Waals surface area (Å²) >= 11 is 1.49. The summed E-state index contributed by atoms with van der Waals surface area (Å²) in [4.78, 5) is 13.8. The van der Waals surface area contributed by atoms with E-state index >= 15 is 0 Å². The van der Waals surface area contributed by atoms with E-state index in [1.807, 2.05) is 4.90 Å². The molecule has 0 aromatic rings. The van der Waals surface area contributed by atoms with Crippen LogP contribution in [0.1, 0.15) is 52.9 Å². The lowest BCUT2D eigenvalue weighted by molar-refractivity contribution is 0.223. The number of thioether (sulfide) groups is 1. The first-order valence-corrected chi connectivity index (χ1v) is 7.16. The standard InChI is InChI=1S/C12H25NOS/c1-4-7-8-11-15-12(14)13(9-5-2)10-6-3/h4-11H2,1-3H3. The predicted octanol–water partition coefficient (Wildman–Crippen LogP) is 4.15. The summed E-state index contributed by atoms with van der Waals surface area (Å²) in [7, 11) is 0. The van der Waals surface area contributed by atoms with Gasteiger partial charge in [-0.25, -0.2) is 0 Å². The molecule has 0 atom stereocenters. The van der Waals surface area contributed by atoms with Crippen LogP contribution in [0.5, 0.6) is 0 Å². The van der Waals surface area contributed by atoms with Gasteiger partial charge in [-0.15, -0.1) is 0 Å². The number of hydrogen-bond donors (Lipinski definition) is 0. The van der Waals surface area contributed by atoms with Crippen LogP contribution in [0.4, 0.5) is 4.79 Å². The van der Waals surface area contributed by atoms with Crippen LogP contribution in [0.25, 0.3) is 0 Å². The fourth-order valence-corrected chi connectivity index (χ4v) is 2.33. The molecular weight excluding hydrogens is 206 g/mol. The van der Waals surface area contributed by atoms with Gasteiger partial charge in [-0.05, 0) is 19.3 Å². The monoisotopic (exact) mass is 231 g/mol. The highest BCUT2D eigenvalue weighted by atomic mass is 32.2. The minimum absolute atomic E-state index is 0.273. The summed E-state index contributed by atoms with van der Waals surface area (Å²) in [5.74, 6) is 0.983. The van der Waals surface area contributed by atoms with Gasteiger partial charge in [0.2, 0.25) is 0 Å². The number of amides is 1. The third-order valence-corrected chi connectivity index (χ3v) is 3.22. The maximum Gasteiger partial charge on any atom is 0.281 e. The van der Waals surface area contributed by atoms with Crippen molar-refractivity contribution in [3.63, 3.8) is 0 Å². The van der Waals surface area contributed by atoms with E-state index in [9.17, 15) is 4.79 Å². The fourth-order valence-electron chi connectivity index (χ4n) is 1.44. The molecule has 0 fully saturated rings. The second-order valence-corrected chi connectivity index (χ2v) is 4.85. The van der Waals surface area contributed by atoms with Gasteiger partial charge in [0.15, 0.2) is 0 Å². The smallest absolute Gasteiger partial charge is 0.281 e. The quantitative estimate of drug-likeness (QED) is 0.585. The second kappa shape index (κ2) is 10.3. The van der Waals surface area contributed by atoms with Crippen LogP contribution in [-0.2, 0) is 0 Å². The summed E-state index contributed by atoms with van der Waals surface area (Å²) in [5, 5.41) is 0.273. The van der Waals surface area contributed by atoms with E-state index < -0.39 is 0 Å². The number of unbranched alkanes of at least 4 members (excludes halogenated alkanes) is 2. The van der Waals surface area contributed by atoms with Gasteiger partial charge in [0.25, 0.3) is 5.24 Å². The molecule has 0 saturated heterocycles. The van der Waals surface area contributed by atoms with Crippen molar-refractivity contribution < 1.29 is 4.79 Å². The van der Waals surface area contributed by atoms with Crippen molar-refractivity contribution >= 4 is 17.0 Å². The van der Waals surface area contributed by atoms with E-state index in [4.69, 9.17) is 0 Å². The van der Waals surface area contributed by atoms with E-state index in [2.05, 4.69) is 20.8 Å².